The molecule has 0 aliphatic heterocycles. The van der Waals surface area contributed by atoms with E-state index in [1.165, 1.54) is 5.56 Å². The number of aliphatic hydroxyl groups is 1. The van der Waals surface area contributed by atoms with Crippen LogP contribution in [0.3, 0.4) is 0 Å². The van der Waals surface area contributed by atoms with Gasteiger partial charge in [-0.1, -0.05) is 37.1 Å². The number of hydrogen-bond acceptors (Lipinski definition) is 2. The summed E-state index contributed by atoms with van der Waals surface area (Å²) in [6.07, 6.45) is 8.83. The average molecular weight is 248 g/mol. The molecule has 2 nitrogen and oxygen atoms in total. The van der Waals surface area contributed by atoms with E-state index in [9.17, 15) is 5.11 Å². The van der Waals surface area contributed by atoms with Crippen molar-refractivity contribution in [1.29, 1.82) is 0 Å². The highest BCUT2D eigenvalue weighted by molar-refractivity contribution is 5.28. The summed E-state index contributed by atoms with van der Waals surface area (Å²) in [5, 5.41) is 9.53. The van der Waals surface area contributed by atoms with E-state index in [-0.39, 0.29) is 6.10 Å². The smallest absolute Gasteiger partial charge is 0.119 e. The summed E-state index contributed by atoms with van der Waals surface area (Å²) in [6, 6.07) is 8.23. The van der Waals surface area contributed by atoms with Crippen LogP contribution in [-0.4, -0.2) is 18.3 Å². The monoisotopic (exact) mass is 248 g/mol. The largest absolute Gasteiger partial charge is 0.497 e. The molecule has 0 amide bonds. The zero-order chi connectivity index (χ0) is 13.2. The third kappa shape index (κ3) is 5.87. The summed E-state index contributed by atoms with van der Waals surface area (Å²) in [5.41, 5.74) is 1.32. The van der Waals surface area contributed by atoms with Gasteiger partial charge in [-0.2, -0.15) is 0 Å². The predicted molar refractivity (Wildman–Crippen MR) is 76.0 cm³/mol. The fraction of sp³-hybridized carbons (Fsp3) is 0.500. The van der Waals surface area contributed by atoms with E-state index in [0.29, 0.717) is 0 Å². The van der Waals surface area contributed by atoms with E-state index in [2.05, 4.69) is 12.1 Å². The summed E-state index contributed by atoms with van der Waals surface area (Å²) in [4.78, 5) is 0. The minimum absolute atomic E-state index is 0.271. The van der Waals surface area contributed by atoms with Crippen LogP contribution in [0.25, 0.3) is 0 Å². The van der Waals surface area contributed by atoms with E-state index < -0.39 is 0 Å². The molecule has 0 unspecified atom stereocenters. The molecule has 0 aliphatic carbocycles. The van der Waals surface area contributed by atoms with Gasteiger partial charge < -0.3 is 9.84 Å². The second-order valence-electron chi connectivity index (χ2n) is 4.54. The van der Waals surface area contributed by atoms with E-state index in [4.69, 9.17) is 4.74 Å². The quantitative estimate of drug-likeness (QED) is 0.561. The fourth-order valence-corrected chi connectivity index (χ4v) is 2.01. The zero-order valence-corrected chi connectivity index (χ0v) is 11.4. The van der Waals surface area contributed by atoms with Crippen LogP contribution < -0.4 is 4.74 Å². The maximum atomic E-state index is 9.53. The third-order valence-corrected chi connectivity index (χ3v) is 3.01. The molecule has 0 saturated carbocycles. The van der Waals surface area contributed by atoms with Crippen molar-refractivity contribution in [3.8, 4) is 5.75 Å². The van der Waals surface area contributed by atoms with Crippen LogP contribution in [0.5, 0.6) is 5.75 Å². The van der Waals surface area contributed by atoms with Gasteiger partial charge in [0, 0.05) is 0 Å². The van der Waals surface area contributed by atoms with Gasteiger partial charge >= 0.3 is 0 Å². The number of unbranched alkanes of at least 4 members (excludes halogenated alkanes) is 2. The number of benzene rings is 1. The number of methoxy groups -OCH3 is 1. The maximum Gasteiger partial charge on any atom is 0.119 e. The summed E-state index contributed by atoms with van der Waals surface area (Å²) in [5.74, 6) is 0.927. The summed E-state index contributed by atoms with van der Waals surface area (Å²) in [7, 11) is 1.70. The van der Waals surface area contributed by atoms with E-state index in [0.717, 1.165) is 37.9 Å². The molecule has 18 heavy (non-hydrogen) atoms. The topological polar surface area (TPSA) is 29.5 Å². The average Bonchev–Trinajstić information content (AvgIpc) is 2.39. The fourth-order valence-electron chi connectivity index (χ4n) is 2.01. The molecule has 1 rings (SSSR count). The second kappa shape index (κ2) is 8.76. The number of allylic oxidation sites excluding steroid dienone is 1. The first-order valence-electron chi connectivity index (χ1n) is 6.70. The highest BCUT2D eigenvalue weighted by Gasteiger charge is 1.99. The van der Waals surface area contributed by atoms with Crippen LogP contribution in [0.2, 0.25) is 0 Å². The molecule has 0 radical (unpaired) electrons. The van der Waals surface area contributed by atoms with Crippen LogP contribution in [0.15, 0.2) is 36.4 Å². The molecule has 0 heterocycles. The van der Waals surface area contributed by atoms with Crippen LogP contribution in [-0.2, 0) is 6.42 Å². The number of ether oxygens (including phenoxy) is 1. The Hall–Kier alpha value is -1.28. The van der Waals surface area contributed by atoms with Gasteiger partial charge in [-0.25, -0.2) is 0 Å². The van der Waals surface area contributed by atoms with E-state index in [1.54, 1.807) is 7.11 Å². The molecule has 1 aromatic rings. The predicted octanol–water partition coefficient (Wildman–Crippen LogP) is 3.74. The van der Waals surface area contributed by atoms with E-state index in [1.807, 2.05) is 31.2 Å². The lowest BCUT2D eigenvalue weighted by Crippen LogP contribution is -2.01. The lowest BCUT2D eigenvalue weighted by Gasteiger charge is -2.06. The number of hydrogen-bond donors (Lipinski definition) is 1. The molecule has 0 aliphatic rings. The third-order valence-electron chi connectivity index (χ3n) is 3.01. The van der Waals surface area contributed by atoms with Gasteiger partial charge in [0.05, 0.1) is 13.2 Å². The first-order valence-corrected chi connectivity index (χ1v) is 6.70. The molecule has 0 saturated heterocycles. The summed E-state index contributed by atoms with van der Waals surface area (Å²) < 4.78 is 5.20. The number of rotatable bonds is 8. The lowest BCUT2D eigenvalue weighted by atomic mass is 10.0. The first-order chi connectivity index (χ1) is 8.76. The molecule has 1 atom stereocenters. The van der Waals surface area contributed by atoms with Crippen molar-refractivity contribution in [1.82, 2.24) is 0 Å². The van der Waals surface area contributed by atoms with Crippen molar-refractivity contribution in [3.63, 3.8) is 0 Å². The highest BCUT2D eigenvalue weighted by Crippen LogP contribution is 2.15. The normalized spacial score (nSPS) is 12.8. The van der Waals surface area contributed by atoms with Crippen LogP contribution in [0.1, 0.15) is 38.2 Å². The van der Waals surface area contributed by atoms with E-state index >= 15 is 0 Å². The Morgan fingerprint density at radius 1 is 1.28 bits per heavy atom. The Bertz CT molecular complexity index is 358. The van der Waals surface area contributed by atoms with Crippen molar-refractivity contribution < 1.29 is 9.84 Å². The second-order valence-corrected chi connectivity index (χ2v) is 4.54. The molecule has 0 aromatic heterocycles. The van der Waals surface area contributed by atoms with Crippen molar-refractivity contribution in [3.05, 3.63) is 42.0 Å². The molecule has 0 fully saturated rings. The SMILES string of the molecule is C/C=C/[C@@H](O)CCCCCc1cccc(OC)c1. The lowest BCUT2D eigenvalue weighted by molar-refractivity contribution is 0.208. The molecular formula is C16H24O2. The number of aliphatic hydroxyl groups excluding tert-OH is 1. The first kappa shape index (κ1) is 14.8. The van der Waals surface area contributed by atoms with Gasteiger partial charge in [-0.15, -0.1) is 0 Å². The minimum atomic E-state index is -0.271. The molecule has 1 aromatic carbocycles. The molecule has 100 valence electrons. The van der Waals surface area contributed by atoms with Crippen molar-refractivity contribution in [2.24, 2.45) is 0 Å². The van der Waals surface area contributed by atoms with Crippen LogP contribution in [0, 0.1) is 0 Å². The maximum absolute atomic E-state index is 9.53. The van der Waals surface area contributed by atoms with Crippen molar-refractivity contribution in [2.75, 3.05) is 7.11 Å². The van der Waals surface area contributed by atoms with Crippen LogP contribution in [0.4, 0.5) is 0 Å². The Labute approximate surface area is 110 Å². The van der Waals surface area contributed by atoms with Gasteiger partial charge in [0.1, 0.15) is 5.75 Å². The Kier molecular flexibility index (Phi) is 7.19. The minimum Gasteiger partial charge on any atom is -0.497 e. The number of aryl methyl sites for hydroxylation is 1. The molecule has 1 N–H and O–H groups in total. The Morgan fingerprint density at radius 3 is 2.83 bits per heavy atom. The molecule has 0 spiro atoms. The van der Waals surface area contributed by atoms with Gasteiger partial charge in [0.15, 0.2) is 0 Å². The van der Waals surface area contributed by atoms with Gasteiger partial charge in [0.2, 0.25) is 0 Å². The molecule has 0 bridgehead atoms. The zero-order valence-electron chi connectivity index (χ0n) is 11.4. The van der Waals surface area contributed by atoms with Crippen molar-refractivity contribution >= 4 is 0 Å². The molecular weight excluding hydrogens is 224 g/mol. The Morgan fingerprint density at radius 2 is 2.11 bits per heavy atom. The van der Waals surface area contributed by atoms with Gasteiger partial charge in [-0.05, 0) is 43.9 Å². The Balaban J connectivity index is 2.17. The summed E-state index contributed by atoms with van der Waals surface area (Å²) in [6.45, 7) is 1.94. The van der Waals surface area contributed by atoms with Crippen LogP contribution >= 0.6 is 0 Å². The molecule has 2 heteroatoms. The highest BCUT2D eigenvalue weighted by atomic mass is 16.5. The van der Waals surface area contributed by atoms with Gasteiger partial charge in [0.25, 0.3) is 0 Å². The van der Waals surface area contributed by atoms with Crippen molar-refractivity contribution in [2.45, 2.75) is 45.1 Å². The van der Waals surface area contributed by atoms with Gasteiger partial charge in [-0.3, -0.25) is 0 Å². The standard InChI is InChI=1S/C16H24O2/c1-3-8-15(17)11-6-4-5-9-14-10-7-12-16(13-14)18-2/h3,7-8,10,12-13,15,17H,4-6,9,11H2,1-2H3/b8-3+/t15-/m1/s1. The summed E-state index contributed by atoms with van der Waals surface area (Å²) >= 11 is 0.